The minimum atomic E-state index is -0.587. The van der Waals surface area contributed by atoms with Gasteiger partial charge in [0.05, 0.1) is 0 Å². The molecule has 1 atom stereocenters. The van der Waals surface area contributed by atoms with Gasteiger partial charge in [0.1, 0.15) is 18.0 Å². The molecule has 1 saturated heterocycles. The van der Waals surface area contributed by atoms with Gasteiger partial charge in [-0.25, -0.2) is 0 Å². The molecular formula is C25H28N2O2. The third-order valence-corrected chi connectivity index (χ3v) is 6.15. The summed E-state index contributed by atoms with van der Waals surface area (Å²) < 4.78 is 5.57. The van der Waals surface area contributed by atoms with Crippen LogP contribution in [0.5, 0.6) is 5.75 Å². The second-order valence-electron chi connectivity index (χ2n) is 8.36. The van der Waals surface area contributed by atoms with E-state index in [1.165, 1.54) is 16.8 Å². The minimum absolute atomic E-state index is 0.0941. The van der Waals surface area contributed by atoms with Crippen LogP contribution in [0.3, 0.4) is 0 Å². The first-order valence-electron chi connectivity index (χ1n) is 10.1. The van der Waals surface area contributed by atoms with E-state index < -0.39 is 5.66 Å². The van der Waals surface area contributed by atoms with Crippen molar-refractivity contribution in [3.63, 3.8) is 0 Å². The molecule has 150 valence electrons. The smallest absolute Gasteiger partial charge is 0.223 e. The molecule has 0 spiro atoms. The van der Waals surface area contributed by atoms with Crippen molar-refractivity contribution in [3.05, 3.63) is 77.9 Å². The lowest BCUT2D eigenvalue weighted by molar-refractivity contribution is -0.124. The van der Waals surface area contributed by atoms with Crippen molar-refractivity contribution >= 4 is 17.7 Å². The highest BCUT2D eigenvalue weighted by molar-refractivity contribution is 5.84. The summed E-state index contributed by atoms with van der Waals surface area (Å²) in [7, 11) is 0. The zero-order chi connectivity index (χ0) is 20.6. The van der Waals surface area contributed by atoms with Crippen LogP contribution in [0.15, 0.2) is 61.2 Å². The van der Waals surface area contributed by atoms with Gasteiger partial charge < -0.3 is 15.0 Å². The highest BCUT2D eigenvalue weighted by atomic mass is 16.5. The summed E-state index contributed by atoms with van der Waals surface area (Å²) in [4.78, 5) is 14.8. The Balaban J connectivity index is 1.72. The molecule has 0 aliphatic carbocycles. The topological polar surface area (TPSA) is 41.6 Å². The molecule has 2 aliphatic rings. The van der Waals surface area contributed by atoms with E-state index in [1.807, 2.05) is 24.3 Å². The van der Waals surface area contributed by atoms with Gasteiger partial charge in [0.15, 0.2) is 0 Å². The van der Waals surface area contributed by atoms with Crippen LogP contribution in [0.2, 0.25) is 0 Å². The maximum Gasteiger partial charge on any atom is 0.223 e. The third kappa shape index (κ3) is 3.13. The van der Waals surface area contributed by atoms with Crippen LogP contribution >= 0.6 is 0 Å². The lowest BCUT2D eigenvalue weighted by Gasteiger charge is -2.49. The number of anilines is 1. The molecule has 0 saturated carbocycles. The number of ether oxygens (including phenoxy) is 1. The van der Waals surface area contributed by atoms with Gasteiger partial charge in [0.2, 0.25) is 5.91 Å². The Morgan fingerprint density at radius 1 is 1.21 bits per heavy atom. The van der Waals surface area contributed by atoms with Crippen LogP contribution in [0, 0.1) is 6.92 Å². The highest BCUT2D eigenvalue weighted by Gasteiger charge is 2.57. The zero-order valence-electron chi connectivity index (χ0n) is 17.4. The van der Waals surface area contributed by atoms with Crippen LogP contribution < -0.4 is 15.0 Å². The summed E-state index contributed by atoms with van der Waals surface area (Å²) in [6.45, 7) is 11.4. The van der Waals surface area contributed by atoms with Crippen LogP contribution in [0.1, 0.15) is 37.0 Å². The van der Waals surface area contributed by atoms with E-state index >= 15 is 0 Å². The number of carbonyl (C=O) groups excluding carboxylic acids is 1. The van der Waals surface area contributed by atoms with E-state index in [-0.39, 0.29) is 11.3 Å². The molecule has 0 aromatic heterocycles. The van der Waals surface area contributed by atoms with E-state index in [9.17, 15) is 4.79 Å². The van der Waals surface area contributed by atoms with E-state index in [2.05, 4.69) is 67.9 Å². The van der Waals surface area contributed by atoms with E-state index in [1.54, 1.807) is 6.08 Å². The van der Waals surface area contributed by atoms with Crippen molar-refractivity contribution in [3.8, 4) is 5.75 Å². The quantitative estimate of drug-likeness (QED) is 0.762. The number of aryl methyl sites for hydroxylation is 1. The molecule has 1 N–H and O–H groups in total. The molecule has 2 aromatic rings. The van der Waals surface area contributed by atoms with Gasteiger partial charge in [0.25, 0.3) is 0 Å². The fraction of sp³-hybridized carbons (Fsp3) is 0.320. The van der Waals surface area contributed by atoms with Gasteiger partial charge in [-0.05, 0) is 42.3 Å². The molecule has 1 amide bonds. The Hall–Kier alpha value is -3.01. The number of nitrogens with zero attached hydrogens (tertiary/aromatic N) is 1. The van der Waals surface area contributed by atoms with Crippen molar-refractivity contribution in [2.24, 2.45) is 0 Å². The molecule has 2 aromatic carbocycles. The summed E-state index contributed by atoms with van der Waals surface area (Å²) in [5.41, 5.74) is 3.92. The second kappa shape index (κ2) is 7.11. The SMILES string of the molecule is C=CCOc1ccc(C=CC23NC(=O)CCN2c2ccc(C)cc2C3(C)C)cc1. The molecule has 4 heteroatoms. The predicted octanol–water partition coefficient (Wildman–Crippen LogP) is 4.59. The summed E-state index contributed by atoms with van der Waals surface area (Å²) in [5.74, 6) is 0.911. The summed E-state index contributed by atoms with van der Waals surface area (Å²) in [6, 6.07) is 14.5. The lowest BCUT2D eigenvalue weighted by atomic mass is 9.74. The van der Waals surface area contributed by atoms with Crippen molar-refractivity contribution in [2.45, 2.75) is 38.3 Å². The maximum atomic E-state index is 12.5. The number of nitrogens with one attached hydrogen (secondary N) is 1. The standard InChI is InChI=1S/C25H28N2O2/c1-5-16-29-20-9-7-19(8-10-20)12-14-25-24(3,4)21-17-18(2)6-11-22(21)27(25)15-13-23(28)26-25/h5-12,14,17H,1,13,15-16H2,2-4H3,(H,26,28). The van der Waals surface area contributed by atoms with Crippen molar-refractivity contribution in [2.75, 3.05) is 18.1 Å². The van der Waals surface area contributed by atoms with E-state index in [0.717, 1.165) is 11.3 Å². The van der Waals surface area contributed by atoms with Gasteiger partial charge in [-0.3, -0.25) is 4.79 Å². The fourth-order valence-corrected chi connectivity index (χ4v) is 4.51. The number of benzene rings is 2. The molecule has 0 bridgehead atoms. The largest absolute Gasteiger partial charge is 0.490 e. The highest BCUT2D eigenvalue weighted by Crippen LogP contribution is 2.52. The maximum absolute atomic E-state index is 12.5. The number of fused-ring (bicyclic) bond motifs is 3. The van der Waals surface area contributed by atoms with Gasteiger partial charge in [-0.15, -0.1) is 0 Å². The van der Waals surface area contributed by atoms with E-state index in [0.29, 0.717) is 19.6 Å². The first-order valence-corrected chi connectivity index (χ1v) is 10.1. The Bertz CT molecular complexity index is 975. The normalized spacial score (nSPS) is 22.2. The molecule has 2 aliphatic heterocycles. The Morgan fingerprint density at radius 2 is 1.97 bits per heavy atom. The fourth-order valence-electron chi connectivity index (χ4n) is 4.51. The van der Waals surface area contributed by atoms with Crippen LogP contribution in [-0.2, 0) is 10.2 Å². The average molecular weight is 389 g/mol. The first kappa shape index (κ1) is 19.3. The molecule has 1 unspecified atom stereocenters. The second-order valence-corrected chi connectivity index (χ2v) is 8.36. The number of hydrogen-bond acceptors (Lipinski definition) is 3. The molecular weight excluding hydrogens is 360 g/mol. The average Bonchev–Trinajstić information content (AvgIpc) is 2.89. The van der Waals surface area contributed by atoms with Crippen LogP contribution in [0.4, 0.5) is 5.69 Å². The lowest BCUT2D eigenvalue weighted by Crippen LogP contribution is -2.68. The monoisotopic (exact) mass is 388 g/mol. The number of carbonyl (C=O) groups is 1. The summed E-state index contributed by atoms with van der Waals surface area (Å²) in [5, 5.41) is 3.32. The molecule has 4 rings (SSSR count). The Labute approximate surface area is 172 Å². The van der Waals surface area contributed by atoms with E-state index in [4.69, 9.17) is 4.74 Å². The zero-order valence-corrected chi connectivity index (χ0v) is 17.4. The third-order valence-electron chi connectivity index (χ3n) is 6.15. The number of rotatable bonds is 5. The minimum Gasteiger partial charge on any atom is -0.490 e. The van der Waals surface area contributed by atoms with Crippen LogP contribution in [0.25, 0.3) is 6.08 Å². The van der Waals surface area contributed by atoms with Gasteiger partial charge in [-0.2, -0.15) is 0 Å². The van der Waals surface area contributed by atoms with Gasteiger partial charge in [-0.1, -0.05) is 62.4 Å². The van der Waals surface area contributed by atoms with Gasteiger partial charge in [0, 0.05) is 24.1 Å². The van der Waals surface area contributed by atoms with Crippen LogP contribution in [-0.4, -0.2) is 24.7 Å². The summed E-state index contributed by atoms with van der Waals surface area (Å²) >= 11 is 0. The Kier molecular flexibility index (Phi) is 4.73. The van der Waals surface area contributed by atoms with Crippen molar-refractivity contribution < 1.29 is 9.53 Å². The number of amides is 1. The molecule has 0 radical (unpaired) electrons. The van der Waals surface area contributed by atoms with Gasteiger partial charge >= 0.3 is 0 Å². The molecule has 4 nitrogen and oxygen atoms in total. The molecule has 1 fully saturated rings. The Morgan fingerprint density at radius 3 is 2.69 bits per heavy atom. The first-order chi connectivity index (χ1) is 13.9. The van der Waals surface area contributed by atoms with Crippen molar-refractivity contribution in [1.29, 1.82) is 0 Å². The predicted molar refractivity (Wildman–Crippen MR) is 118 cm³/mol. The number of hydrogen-bond donors (Lipinski definition) is 1. The molecule has 29 heavy (non-hydrogen) atoms. The summed E-state index contributed by atoms with van der Waals surface area (Å²) in [6.07, 6.45) is 6.48. The van der Waals surface area contributed by atoms with Crippen molar-refractivity contribution in [1.82, 2.24) is 5.32 Å². The molecule has 2 heterocycles.